The summed E-state index contributed by atoms with van der Waals surface area (Å²) in [5, 5.41) is 2.93. The van der Waals surface area contributed by atoms with Crippen molar-refractivity contribution < 1.29 is 4.79 Å². The fourth-order valence-corrected chi connectivity index (χ4v) is 2.74. The number of nitrogens with one attached hydrogen (secondary N) is 1. The molecular formula is C17H27N3O. The van der Waals surface area contributed by atoms with Crippen LogP contribution >= 0.6 is 0 Å². The van der Waals surface area contributed by atoms with Gasteiger partial charge in [-0.2, -0.15) is 0 Å². The van der Waals surface area contributed by atoms with E-state index in [4.69, 9.17) is 5.73 Å². The molecule has 1 aliphatic heterocycles. The zero-order chi connectivity index (χ0) is 15.1. The highest BCUT2D eigenvalue weighted by atomic mass is 16.2. The number of benzene rings is 1. The SMILES string of the molecule is CCCCC(N)C(=O)Nc1cccc(CN2CCCC2)c1. The number of likely N-dealkylation sites (tertiary alicyclic amines) is 1. The molecule has 0 radical (unpaired) electrons. The zero-order valence-electron chi connectivity index (χ0n) is 13.0. The number of unbranched alkanes of at least 4 members (excludes halogenated alkanes) is 1. The summed E-state index contributed by atoms with van der Waals surface area (Å²) in [6.45, 7) is 5.43. The van der Waals surface area contributed by atoms with E-state index < -0.39 is 6.04 Å². The van der Waals surface area contributed by atoms with Gasteiger partial charge in [-0.3, -0.25) is 9.69 Å². The van der Waals surface area contributed by atoms with Crippen molar-refractivity contribution in [3.8, 4) is 0 Å². The van der Waals surface area contributed by atoms with Crippen LogP contribution in [0.1, 0.15) is 44.6 Å². The van der Waals surface area contributed by atoms with E-state index in [1.807, 2.05) is 12.1 Å². The van der Waals surface area contributed by atoms with Crippen molar-refractivity contribution in [3.63, 3.8) is 0 Å². The molecule has 1 aromatic rings. The van der Waals surface area contributed by atoms with Crippen LogP contribution in [0.3, 0.4) is 0 Å². The number of nitrogens with zero attached hydrogens (tertiary/aromatic N) is 1. The van der Waals surface area contributed by atoms with E-state index in [0.29, 0.717) is 0 Å². The molecule has 1 heterocycles. The van der Waals surface area contributed by atoms with Crippen molar-refractivity contribution in [3.05, 3.63) is 29.8 Å². The van der Waals surface area contributed by atoms with Gasteiger partial charge in [-0.05, 0) is 50.0 Å². The van der Waals surface area contributed by atoms with Gasteiger partial charge >= 0.3 is 0 Å². The summed E-state index contributed by atoms with van der Waals surface area (Å²) in [5.74, 6) is -0.0817. The second-order valence-electron chi connectivity index (χ2n) is 5.92. The molecule has 0 bridgehead atoms. The van der Waals surface area contributed by atoms with Gasteiger partial charge in [0, 0.05) is 12.2 Å². The Morgan fingerprint density at radius 3 is 2.86 bits per heavy atom. The van der Waals surface area contributed by atoms with Crippen LogP contribution in [0.2, 0.25) is 0 Å². The summed E-state index contributed by atoms with van der Waals surface area (Å²) in [6, 6.07) is 7.69. The van der Waals surface area contributed by atoms with E-state index in [-0.39, 0.29) is 5.91 Å². The molecule has 2 rings (SSSR count). The van der Waals surface area contributed by atoms with E-state index in [1.54, 1.807) is 0 Å². The Morgan fingerprint density at radius 1 is 1.38 bits per heavy atom. The molecule has 4 nitrogen and oxygen atoms in total. The van der Waals surface area contributed by atoms with E-state index in [1.165, 1.54) is 31.5 Å². The van der Waals surface area contributed by atoms with Gasteiger partial charge in [-0.25, -0.2) is 0 Å². The summed E-state index contributed by atoms with van der Waals surface area (Å²) < 4.78 is 0. The number of rotatable bonds is 7. The van der Waals surface area contributed by atoms with Crippen LogP contribution in [0, 0.1) is 0 Å². The average Bonchev–Trinajstić information content (AvgIpc) is 2.98. The number of hydrogen-bond donors (Lipinski definition) is 2. The Balaban J connectivity index is 1.89. The van der Waals surface area contributed by atoms with E-state index in [0.717, 1.165) is 31.5 Å². The number of amides is 1. The Labute approximate surface area is 127 Å². The minimum atomic E-state index is -0.410. The van der Waals surface area contributed by atoms with Crippen LogP contribution < -0.4 is 11.1 Å². The molecule has 1 saturated heterocycles. The van der Waals surface area contributed by atoms with Crippen LogP contribution in [0.25, 0.3) is 0 Å². The molecule has 4 heteroatoms. The maximum Gasteiger partial charge on any atom is 0.241 e. The first-order valence-corrected chi connectivity index (χ1v) is 8.07. The third-order valence-electron chi connectivity index (χ3n) is 4.00. The molecule has 1 atom stereocenters. The highest BCUT2D eigenvalue weighted by molar-refractivity contribution is 5.94. The molecule has 0 aromatic heterocycles. The summed E-state index contributed by atoms with van der Waals surface area (Å²) in [6.07, 6.45) is 5.39. The predicted molar refractivity (Wildman–Crippen MR) is 87.1 cm³/mol. The molecule has 0 spiro atoms. The minimum absolute atomic E-state index is 0.0817. The van der Waals surface area contributed by atoms with Gasteiger partial charge in [-0.15, -0.1) is 0 Å². The quantitative estimate of drug-likeness (QED) is 0.811. The maximum absolute atomic E-state index is 12.0. The fraction of sp³-hybridized carbons (Fsp3) is 0.588. The molecule has 1 amide bonds. The molecule has 116 valence electrons. The summed E-state index contributed by atoms with van der Waals surface area (Å²) in [4.78, 5) is 14.5. The largest absolute Gasteiger partial charge is 0.325 e. The monoisotopic (exact) mass is 289 g/mol. The predicted octanol–water partition coefficient (Wildman–Crippen LogP) is 2.74. The van der Waals surface area contributed by atoms with Gasteiger partial charge in [0.1, 0.15) is 0 Å². The van der Waals surface area contributed by atoms with Gasteiger partial charge < -0.3 is 11.1 Å². The Kier molecular flexibility index (Phi) is 6.21. The molecule has 21 heavy (non-hydrogen) atoms. The number of carbonyl (C=O) groups excluding carboxylic acids is 1. The van der Waals surface area contributed by atoms with Crippen molar-refractivity contribution in [2.24, 2.45) is 5.73 Å². The average molecular weight is 289 g/mol. The number of carbonyl (C=O) groups is 1. The molecule has 1 aromatic carbocycles. The van der Waals surface area contributed by atoms with Crippen molar-refractivity contribution in [2.75, 3.05) is 18.4 Å². The lowest BCUT2D eigenvalue weighted by Crippen LogP contribution is -2.35. The molecule has 1 fully saturated rings. The zero-order valence-corrected chi connectivity index (χ0v) is 13.0. The van der Waals surface area contributed by atoms with E-state index in [2.05, 4.69) is 29.3 Å². The van der Waals surface area contributed by atoms with Crippen molar-refractivity contribution in [1.29, 1.82) is 0 Å². The summed E-state index contributed by atoms with van der Waals surface area (Å²) in [7, 11) is 0. The molecule has 1 unspecified atom stereocenters. The molecule has 1 aliphatic rings. The van der Waals surface area contributed by atoms with Crippen molar-refractivity contribution in [2.45, 2.75) is 51.6 Å². The standard InChI is InChI=1S/C17H27N3O/c1-2-3-9-16(18)17(21)19-15-8-6-7-14(12-15)13-20-10-4-5-11-20/h6-8,12,16H,2-5,9-11,13,18H2,1H3,(H,19,21). The second-order valence-corrected chi connectivity index (χ2v) is 5.92. The van der Waals surface area contributed by atoms with Crippen LogP contribution in [0.4, 0.5) is 5.69 Å². The first-order chi connectivity index (χ1) is 10.2. The molecular weight excluding hydrogens is 262 g/mol. The van der Waals surface area contributed by atoms with Gasteiger partial charge in [0.2, 0.25) is 5.91 Å². The third kappa shape index (κ3) is 5.14. The van der Waals surface area contributed by atoms with E-state index in [9.17, 15) is 4.79 Å². The topological polar surface area (TPSA) is 58.4 Å². The second kappa shape index (κ2) is 8.15. The molecule has 0 saturated carbocycles. The lowest BCUT2D eigenvalue weighted by Gasteiger charge is -2.16. The first-order valence-electron chi connectivity index (χ1n) is 8.07. The first kappa shape index (κ1) is 16.0. The van der Waals surface area contributed by atoms with Crippen molar-refractivity contribution >= 4 is 11.6 Å². The third-order valence-corrected chi connectivity index (χ3v) is 4.00. The van der Waals surface area contributed by atoms with Gasteiger partial charge in [0.25, 0.3) is 0 Å². The number of nitrogens with two attached hydrogens (primary N) is 1. The van der Waals surface area contributed by atoms with Crippen LogP contribution in [0.15, 0.2) is 24.3 Å². The lowest BCUT2D eigenvalue weighted by molar-refractivity contribution is -0.117. The molecule has 0 aliphatic carbocycles. The van der Waals surface area contributed by atoms with Crippen LogP contribution in [-0.4, -0.2) is 29.9 Å². The van der Waals surface area contributed by atoms with Gasteiger partial charge in [0.05, 0.1) is 6.04 Å². The number of anilines is 1. The fourth-order valence-electron chi connectivity index (χ4n) is 2.74. The van der Waals surface area contributed by atoms with Crippen molar-refractivity contribution in [1.82, 2.24) is 4.90 Å². The molecule has 3 N–H and O–H groups in total. The Morgan fingerprint density at radius 2 is 2.14 bits per heavy atom. The normalized spacial score (nSPS) is 16.9. The van der Waals surface area contributed by atoms with E-state index >= 15 is 0 Å². The summed E-state index contributed by atoms with van der Waals surface area (Å²) in [5.41, 5.74) is 8.00. The lowest BCUT2D eigenvalue weighted by atomic mass is 10.1. The van der Waals surface area contributed by atoms with Crippen LogP contribution in [0.5, 0.6) is 0 Å². The Bertz CT molecular complexity index is 455. The summed E-state index contributed by atoms with van der Waals surface area (Å²) >= 11 is 0. The Hall–Kier alpha value is -1.39. The highest BCUT2D eigenvalue weighted by Gasteiger charge is 2.14. The maximum atomic E-state index is 12.0. The minimum Gasteiger partial charge on any atom is -0.325 e. The number of hydrogen-bond acceptors (Lipinski definition) is 3. The highest BCUT2D eigenvalue weighted by Crippen LogP contribution is 2.16. The van der Waals surface area contributed by atoms with Crippen LogP contribution in [-0.2, 0) is 11.3 Å². The van der Waals surface area contributed by atoms with Gasteiger partial charge in [-0.1, -0.05) is 31.9 Å². The smallest absolute Gasteiger partial charge is 0.241 e. The van der Waals surface area contributed by atoms with Gasteiger partial charge in [0.15, 0.2) is 0 Å².